The summed E-state index contributed by atoms with van der Waals surface area (Å²) < 4.78 is 15.2. The molecule has 0 saturated carbocycles. The molecule has 1 fully saturated rings. The molecule has 1 saturated heterocycles. The van der Waals surface area contributed by atoms with Crippen molar-refractivity contribution in [3.8, 4) is 0 Å². The lowest BCUT2D eigenvalue weighted by atomic mass is 10.1. The van der Waals surface area contributed by atoms with Gasteiger partial charge in [-0.2, -0.15) is 0 Å². The summed E-state index contributed by atoms with van der Waals surface area (Å²) in [6.45, 7) is 0.531. The van der Waals surface area contributed by atoms with Crippen molar-refractivity contribution in [2.75, 3.05) is 27.3 Å². The van der Waals surface area contributed by atoms with Crippen molar-refractivity contribution in [2.24, 2.45) is 0 Å². The van der Waals surface area contributed by atoms with E-state index in [0.717, 1.165) is 5.56 Å². The van der Waals surface area contributed by atoms with Crippen molar-refractivity contribution in [1.82, 2.24) is 4.90 Å². The summed E-state index contributed by atoms with van der Waals surface area (Å²) in [5.74, 6) is -0.849. The van der Waals surface area contributed by atoms with Gasteiger partial charge in [0.15, 0.2) is 0 Å². The summed E-state index contributed by atoms with van der Waals surface area (Å²) in [5.41, 5.74) is 0.966. The van der Waals surface area contributed by atoms with Gasteiger partial charge in [0, 0.05) is 12.6 Å². The average molecular weight is 337 g/mol. The number of esters is 2. The minimum absolute atomic E-state index is 0.0135. The summed E-state index contributed by atoms with van der Waals surface area (Å²) in [6.07, 6.45) is -1.36. The van der Waals surface area contributed by atoms with Crippen molar-refractivity contribution in [1.29, 1.82) is 0 Å². The molecule has 1 N–H and O–H groups in total. The second kappa shape index (κ2) is 8.77. The Balaban J connectivity index is 2.07. The zero-order chi connectivity index (χ0) is 17.5. The van der Waals surface area contributed by atoms with Gasteiger partial charge in [-0.15, -0.1) is 0 Å². The molecule has 3 atom stereocenters. The van der Waals surface area contributed by atoms with E-state index in [1.807, 2.05) is 30.3 Å². The van der Waals surface area contributed by atoms with Crippen LogP contribution in [0.2, 0.25) is 0 Å². The highest BCUT2D eigenvalue weighted by atomic mass is 16.5. The molecule has 7 heteroatoms. The third kappa shape index (κ3) is 4.77. The first-order valence-corrected chi connectivity index (χ1v) is 7.76. The van der Waals surface area contributed by atoms with Gasteiger partial charge in [-0.25, -0.2) is 0 Å². The molecule has 0 spiro atoms. The maximum atomic E-state index is 11.7. The topological polar surface area (TPSA) is 85.3 Å². The second-order valence-electron chi connectivity index (χ2n) is 5.68. The molecule has 7 nitrogen and oxygen atoms in total. The monoisotopic (exact) mass is 337 g/mol. The average Bonchev–Trinajstić information content (AvgIpc) is 2.88. The van der Waals surface area contributed by atoms with Crippen molar-refractivity contribution in [3.05, 3.63) is 35.9 Å². The van der Waals surface area contributed by atoms with Crippen LogP contribution in [-0.4, -0.2) is 67.5 Å². The van der Waals surface area contributed by atoms with Gasteiger partial charge in [-0.05, 0) is 5.56 Å². The number of carbonyl (C=O) groups is 2. The quantitative estimate of drug-likeness (QED) is 0.719. The molecular formula is C17H23NO6. The highest BCUT2D eigenvalue weighted by Gasteiger charge is 2.43. The molecule has 0 unspecified atom stereocenters. The lowest BCUT2D eigenvalue weighted by Crippen LogP contribution is -2.42. The molecule has 1 aromatic rings. The van der Waals surface area contributed by atoms with Crippen LogP contribution in [0.3, 0.4) is 0 Å². The van der Waals surface area contributed by atoms with Crippen molar-refractivity contribution < 1.29 is 28.9 Å². The van der Waals surface area contributed by atoms with Crippen LogP contribution in [0.25, 0.3) is 0 Å². The molecule has 0 bridgehead atoms. The summed E-state index contributed by atoms with van der Waals surface area (Å²) in [5, 5.41) is 10.3. The van der Waals surface area contributed by atoms with E-state index in [0.29, 0.717) is 6.61 Å². The molecule has 1 aliphatic rings. The SMILES string of the molecule is COC(=O)C[C@H]1[C@H](OCc2ccccc2)[C@H](O)CN1CC(=O)OC. The Hall–Kier alpha value is -1.96. The third-order valence-electron chi connectivity index (χ3n) is 4.10. The van der Waals surface area contributed by atoms with Gasteiger partial charge >= 0.3 is 11.9 Å². The largest absolute Gasteiger partial charge is 0.469 e. The standard InChI is InChI=1S/C17H23NO6/c1-22-15(20)8-13-17(24-11-12-6-4-3-5-7-12)14(19)9-18(13)10-16(21)23-2/h3-7,13-14,17,19H,8-11H2,1-2H3/t13-,14+,17-/m0/s1. The summed E-state index contributed by atoms with van der Waals surface area (Å²) in [4.78, 5) is 24.9. The number of hydrogen-bond donors (Lipinski definition) is 1. The molecule has 0 aliphatic carbocycles. The second-order valence-corrected chi connectivity index (χ2v) is 5.68. The number of nitrogens with zero attached hydrogens (tertiary/aromatic N) is 1. The van der Waals surface area contributed by atoms with Gasteiger partial charge in [0.05, 0.1) is 39.9 Å². The van der Waals surface area contributed by atoms with Crippen LogP contribution >= 0.6 is 0 Å². The number of ether oxygens (including phenoxy) is 3. The molecule has 24 heavy (non-hydrogen) atoms. The molecule has 0 amide bonds. The first kappa shape index (κ1) is 18.4. The number of rotatable bonds is 7. The van der Waals surface area contributed by atoms with E-state index in [-0.39, 0.29) is 19.5 Å². The van der Waals surface area contributed by atoms with E-state index < -0.39 is 30.2 Å². The van der Waals surface area contributed by atoms with Crippen LogP contribution in [0.1, 0.15) is 12.0 Å². The molecule has 0 radical (unpaired) electrons. The zero-order valence-corrected chi connectivity index (χ0v) is 13.9. The predicted molar refractivity (Wildman–Crippen MR) is 85.0 cm³/mol. The maximum Gasteiger partial charge on any atom is 0.319 e. The Morgan fingerprint density at radius 2 is 1.83 bits per heavy atom. The van der Waals surface area contributed by atoms with Gasteiger partial charge in [0.2, 0.25) is 0 Å². The number of hydrogen-bond acceptors (Lipinski definition) is 7. The number of aliphatic hydroxyl groups excluding tert-OH is 1. The smallest absolute Gasteiger partial charge is 0.319 e. The van der Waals surface area contributed by atoms with Crippen molar-refractivity contribution in [2.45, 2.75) is 31.3 Å². The molecule has 1 aliphatic heterocycles. The Labute approximate surface area is 141 Å². The minimum atomic E-state index is -0.798. The van der Waals surface area contributed by atoms with Crippen molar-refractivity contribution in [3.63, 3.8) is 0 Å². The van der Waals surface area contributed by atoms with Gasteiger partial charge < -0.3 is 19.3 Å². The summed E-state index contributed by atoms with van der Waals surface area (Å²) >= 11 is 0. The van der Waals surface area contributed by atoms with Gasteiger partial charge in [0.1, 0.15) is 6.10 Å². The summed E-state index contributed by atoms with van der Waals surface area (Å²) in [6, 6.07) is 9.10. The van der Waals surface area contributed by atoms with E-state index in [9.17, 15) is 14.7 Å². The van der Waals surface area contributed by atoms with Crippen molar-refractivity contribution >= 4 is 11.9 Å². The molecule has 1 heterocycles. The summed E-state index contributed by atoms with van der Waals surface area (Å²) in [7, 11) is 2.60. The molecule has 132 valence electrons. The van der Waals surface area contributed by atoms with Crippen LogP contribution in [0.15, 0.2) is 30.3 Å². The highest BCUT2D eigenvalue weighted by molar-refractivity contribution is 5.72. The molecule has 2 rings (SSSR count). The Morgan fingerprint density at radius 3 is 2.46 bits per heavy atom. The van der Waals surface area contributed by atoms with E-state index in [1.165, 1.54) is 14.2 Å². The van der Waals surface area contributed by atoms with E-state index >= 15 is 0 Å². The van der Waals surface area contributed by atoms with Crippen LogP contribution < -0.4 is 0 Å². The van der Waals surface area contributed by atoms with Crippen LogP contribution in [0.5, 0.6) is 0 Å². The van der Waals surface area contributed by atoms with Gasteiger partial charge in [-0.1, -0.05) is 30.3 Å². The zero-order valence-electron chi connectivity index (χ0n) is 13.9. The fraction of sp³-hybridized carbons (Fsp3) is 0.529. The van der Waals surface area contributed by atoms with Gasteiger partial charge in [-0.3, -0.25) is 14.5 Å². The number of benzene rings is 1. The molecule has 0 aromatic heterocycles. The Morgan fingerprint density at radius 1 is 1.17 bits per heavy atom. The first-order valence-electron chi connectivity index (χ1n) is 7.76. The molecule has 1 aromatic carbocycles. The predicted octanol–water partition coefficient (Wildman–Crippen LogP) is 0.353. The normalized spacial score (nSPS) is 23.9. The number of likely N-dealkylation sites (tertiary alicyclic amines) is 1. The Kier molecular flexibility index (Phi) is 6.72. The van der Waals surface area contributed by atoms with E-state index in [2.05, 4.69) is 4.74 Å². The number of aliphatic hydroxyl groups is 1. The highest BCUT2D eigenvalue weighted by Crippen LogP contribution is 2.25. The first-order chi connectivity index (χ1) is 11.5. The number of methoxy groups -OCH3 is 2. The fourth-order valence-electron chi connectivity index (χ4n) is 2.84. The van der Waals surface area contributed by atoms with Crippen LogP contribution in [-0.2, 0) is 30.4 Å². The lowest BCUT2D eigenvalue weighted by molar-refractivity contribution is -0.147. The minimum Gasteiger partial charge on any atom is -0.469 e. The molecular weight excluding hydrogens is 314 g/mol. The maximum absolute atomic E-state index is 11.7. The fourth-order valence-corrected chi connectivity index (χ4v) is 2.84. The third-order valence-corrected chi connectivity index (χ3v) is 4.10. The Bertz CT molecular complexity index is 549. The van der Waals surface area contributed by atoms with Gasteiger partial charge in [0.25, 0.3) is 0 Å². The number of β-amino-alcohol motifs (C(OH)–C–C–N with tert-alkyl or cyclic N) is 1. The van der Waals surface area contributed by atoms with Crippen LogP contribution in [0.4, 0.5) is 0 Å². The van der Waals surface area contributed by atoms with Crippen LogP contribution in [0, 0.1) is 0 Å². The lowest BCUT2D eigenvalue weighted by Gasteiger charge is -2.26. The number of carbonyl (C=O) groups excluding carboxylic acids is 2. The van der Waals surface area contributed by atoms with E-state index in [4.69, 9.17) is 9.47 Å². The van der Waals surface area contributed by atoms with E-state index in [1.54, 1.807) is 4.90 Å².